The maximum absolute atomic E-state index is 12.7. The Bertz CT molecular complexity index is 974. The van der Waals surface area contributed by atoms with Crippen molar-refractivity contribution in [1.82, 2.24) is 15.3 Å². The molecule has 29 heavy (non-hydrogen) atoms. The lowest BCUT2D eigenvalue weighted by Gasteiger charge is -2.18. The van der Waals surface area contributed by atoms with Crippen molar-refractivity contribution in [2.75, 3.05) is 23.7 Å². The fourth-order valence-electron chi connectivity index (χ4n) is 3.14. The molecule has 1 unspecified atom stereocenters. The summed E-state index contributed by atoms with van der Waals surface area (Å²) in [6.45, 7) is 1.16. The van der Waals surface area contributed by atoms with E-state index in [0.717, 1.165) is 33.2 Å². The van der Waals surface area contributed by atoms with Crippen molar-refractivity contribution < 1.29 is 18.0 Å². The Morgan fingerprint density at radius 3 is 2.83 bits per heavy atom. The number of fused-ring (bicyclic) bond motifs is 1. The van der Waals surface area contributed by atoms with Crippen LogP contribution >= 0.6 is 23.1 Å². The van der Waals surface area contributed by atoms with Crippen LogP contribution in [0.15, 0.2) is 46.9 Å². The van der Waals surface area contributed by atoms with Gasteiger partial charge in [0.25, 0.3) is 0 Å². The molecular weight excluding hydrogens is 421 g/mol. The topological polar surface area (TPSA) is 58.1 Å². The number of alkyl halides is 3. The van der Waals surface area contributed by atoms with Gasteiger partial charge in [0, 0.05) is 25.3 Å². The number of rotatable bonds is 5. The monoisotopic (exact) mass is 438 g/mol. The third kappa shape index (κ3) is 4.81. The first-order chi connectivity index (χ1) is 13.9. The van der Waals surface area contributed by atoms with Crippen LogP contribution in [0.3, 0.4) is 0 Å². The quantitative estimate of drug-likeness (QED) is 0.605. The third-order valence-electron chi connectivity index (χ3n) is 4.55. The van der Waals surface area contributed by atoms with Crippen LogP contribution < -0.4 is 10.2 Å². The summed E-state index contributed by atoms with van der Waals surface area (Å²) in [6, 6.07) is 10.2. The number of thiazole rings is 1. The molecular formula is C19H17F3N4OS2. The van der Waals surface area contributed by atoms with Crippen LogP contribution in [0.1, 0.15) is 12.0 Å². The second kappa shape index (κ2) is 8.19. The Labute approximate surface area is 173 Å². The summed E-state index contributed by atoms with van der Waals surface area (Å²) >= 11 is 2.96. The van der Waals surface area contributed by atoms with E-state index in [1.165, 1.54) is 17.8 Å². The van der Waals surface area contributed by atoms with Crippen LogP contribution in [-0.2, 0) is 11.0 Å². The number of pyridine rings is 1. The van der Waals surface area contributed by atoms with E-state index in [1.54, 1.807) is 11.3 Å². The minimum absolute atomic E-state index is 0.0532. The first kappa shape index (κ1) is 20.0. The van der Waals surface area contributed by atoms with Gasteiger partial charge in [-0.1, -0.05) is 23.9 Å². The van der Waals surface area contributed by atoms with Gasteiger partial charge in [0.15, 0.2) is 4.34 Å². The predicted octanol–water partition coefficient (Wildman–Crippen LogP) is 4.20. The number of anilines is 1. The number of nitrogens with one attached hydrogen (secondary N) is 1. The molecule has 1 aromatic carbocycles. The number of nitrogens with zero attached hydrogens (tertiary/aromatic N) is 3. The lowest BCUT2D eigenvalue weighted by molar-refractivity contribution is -0.137. The molecule has 152 valence electrons. The molecule has 0 spiro atoms. The number of carbonyl (C=O) groups excluding carboxylic acids is 1. The first-order valence-corrected chi connectivity index (χ1v) is 10.7. The van der Waals surface area contributed by atoms with Gasteiger partial charge < -0.3 is 10.2 Å². The zero-order valence-electron chi connectivity index (χ0n) is 15.1. The number of hydrogen-bond donors (Lipinski definition) is 1. The maximum atomic E-state index is 12.7. The number of hydrogen-bond acceptors (Lipinski definition) is 6. The summed E-state index contributed by atoms with van der Waals surface area (Å²) < 4.78 is 39.9. The summed E-state index contributed by atoms with van der Waals surface area (Å²) in [6.07, 6.45) is -2.83. The summed E-state index contributed by atoms with van der Waals surface area (Å²) in [5.41, 5.74) is 0.160. The molecule has 1 amide bonds. The van der Waals surface area contributed by atoms with E-state index in [1.807, 2.05) is 29.2 Å². The van der Waals surface area contributed by atoms with Crippen molar-refractivity contribution in [3.63, 3.8) is 0 Å². The molecule has 2 aromatic heterocycles. The molecule has 0 saturated carbocycles. The molecule has 1 N–H and O–H groups in total. The van der Waals surface area contributed by atoms with E-state index in [2.05, 4.69) is 15.3 Å². The second-order valence-electron chi connectivity index (χ2n) is 6.64. The Hall–Kier alpha value is -2.33. The van der Waals surface area contributed by atoms with E-state index >= 15 is 0 Å². The maximum Gasteiger partial charge on any atom is 0.417 e. The fourth-order valence-corrected chi connectivity index (χ4v) is 5.02. The van der Waals surface area contributed by atoms with E-state index in [4.69, 9.17) is 0 Å². The lowest BCUT2D eigenvalue weighted by atomic mass is 10.2. The van der Waals surface area contributed by atoms with Gasteiger partial charge >= 0.3 is 6.18 Å². The van der Waals surface area contributed by atoms with Crippen molar-refractivity contribution >= 4 is 45.0 Å². The number of benzene rings is 1. The van der Waals surface area contributed by atoms with Crippen LogP contribution in [0.2, 0.25) is 0 Å². The predicted molar refractivity (Wildman–Crippen MR) is 108 cm³/mol. The molecule has 5 nitrogen and oxygen atoms in total. The molecule has 4 rings (SSSR count). The average Bonchev–Trinajstić information content (AvgIpc) is 3.32. The first-order valence-electron chi connectivity index (χ1n) is 8.94. The number of halogens is 3. The molecule has 10 heteroatoms. The van der Waals surface area contributed by atoms with Crippen molar-refractivity contribution in [3.05, 3.63) is 48.2 Å². The van der Waals surface area contributed by atoms with E-state index in [9.17, 15) is 18.0 Å². The van der Waals surface area contributed by atoms with Gasteiger partial charge in [-0.25, -0.2) is 9.97 Å². The molecule has 1 saturated heterocycles. The summed E-state index contributed by atoms with van der Waals surface area (Å²) in [5.74, 6) is 0.676. The van der Waals surface area contributed by atoms with Gasteiger partial charge in [0.05, 0.1) is 21.5 Å². The van der Waals surface area contributed by atoms with E-state index < -0.39 is 11.7 Å². The highest BCUT2D eigenvalue weighted by atomic mass is 32.2. The Morgan fingerprint density at radius 1 is 1.28 bits per heavy atom. The smallest absolute Gasteiger partial charge is 0.354 e. The van der Waals surface area contributed by atoms with Crippen LogP contribution in [0.4, 0.5) is 19.0 Å². The van der Waals surface area contributed by atoms with E-state index in [0.29, 0.717) is 18.9 Å². The molecule has 3 aromatic rings. The molecule has 3 heterocycles. The Kier molecular flexibility index (Phi) is 5.64. The molecule has 1 fully saturated rings. The highest BCUT2D eigenvalue weighted by Gasteiger charge is 2.31. The number of amides is 1. The van der Waals surface area contributed by atoms with Gasteiger partial charge in [0.1, 0.15) is 5.82 Å². The van der Waals surface area contributed by atoms with Crippen molar-refractivity contribution in [2.45, 2.75) is 23.0 Å². The molecule has 0 radical (unpaired) electrons. The third-order valence-corrected chi connectivity index (χ3v) is 6.73. The number of carbonyl (C=O) groups is 1. The standard InChI is InChI=1S/C19H17F3N4OS2/c20-19(21,22)12-5-6-16(23-9-12)26-8-7-13(10-26)24-17(27)11-28-18-25-14-3-1-2-4-15(14)29-18/h1-6,9,13H,7-8,10-11H2,(H,24,27). The van der Waals surface area contributed by atoms with Crippen LogP contribution in [0.25, 0.3) is 10.2 Å². The van der Waals surface area contributed by atoms with Crippen molar-refractivity contribution in [2.24, 2.45) is 0 Å². The molecule has 1 aliphatic rings. The van der Waals surface area contributed by atoms with Gasteiger partial charge in [-0.3, -0.25) is 4.79 Å². The van der Waals surface area contributed by atoms with Crippen LogP contribution in [0.5, 0.6) is 0 Å². The number of para-hydroxylation sites is 1. The minimum atomic E-state index is -4.39. The highest BCUT2D eigenvalue weighted by molar-refractivity contribution is 8.01. The normalized spacial score (nSPS) is 17.1. The van der Waals surface area contributed by atoms with Gasteiger partial charge in [-0.05, 0) is 30.7 Å². The molecule has 0 bridgehead atoms. The van der Waals surface area contributed by atoms with Crippen LogP contribution in [-0.4, -0.2) is 40.8 Å². The van der Waals surface area contributed by atoms with Gasteiger partial charge in [-0.2, -0.15) is 13.2 Å². The molecule has 1 atom stereocenters. The van der Waals surface area contributed by atoms with Crippen molar-refractivity contribution in [3.8, 4) is 0 Å². The summed E-state index contributed by atoms with van der Waals surface area (Å²) in [5, 5.41) is 2.99. The number of aromatic nitrogens is 2. The van der Waals surface area contributed by atoms with Crippen molar-refractivity contribution in [1.29, 1.82) is 0 Å². The van der Waals surface area contributed by atoms with E-state index in [-0.39, 0.29) is 17.7 Å². The SMILES string of the molecule is O=C(CSc1nc2ccccc2s1)NC1CCN(c2ccc(C(F)(F)F)cn2)C1. The Morgan fingerprint density at radius 2 is 2.10 bits per heavy atom. The summed E-state index contributed by atoms with van der Waals surface area (Å²) in [4.78, 5) is 22.6. The lowest BCUT2D eigenvalue weighted by Crippen LogP contribution is -2.38. The zero-order valence-corrected chi connectivity index (χ0v) is 16.8. The largest absolute Gasteiger partial charge is 0.417 e. The zero-order chi connectivity index (χ0) is 20.4. The summed E-state index contributed by atoms with van der Waals surface area (Å²) in [7, 11) is 0. The Balaban J connectivity index is 1.27. The molecule has 0 aliphatic carbocycles. The highest BCUT2D eigenvalue weighted by Crippen LogP contribution is 2.30. The average molecular weight is 439 g/mol. The van der Waals surface area contributed by atoms with Crippen LogP contribution in [0, 0.1) is 0 Å². The van der Waals surface area contributed by atoms with Gasteiger partial charge in [-0.15, -0.1) is 11.3 Å². The molecule has 1 aliphatic heterocycles. The number of thioether (sulfide) groups is 1. The van der Waals surface area contributed by atoms with Gasteiger partial charge in [0.2, 0.25) is 5.91 Å². The fraction of sp³-hybridized carbons (Fsp3) is 0.316. The second-order valence-corrected chi connectivity index (χ2v) is 8.89. The minimum Gasteiger partial charge on any atom is -0.354 e.